The second kappa shape index (κ2) is 6.73. The minimum atomic E-state index is -0.796. The highest BCUT2D eigenvalue weighted by molar-refractivity contribution is 6.09. The van der Waals surface area contributed by atoms with Crippen molar-refractivity contribution in [3.05, 3.63) is 0 Å². The van der Waals surface area contributed by atoms with Crippen LogP contribution in [-0.2, 0) is 9.59 Å². The molecule has 1 spiro atoms. The number of nitrogens with zero attached hydrogens (tertiary/aromatic N) is 1. The zero-order chi connectivity index (χ0) is 18.1. The van der Waals surface area contributed by atoms with Gasteiger partial charge in [-0.15, -0.1) is 0 Å². The van der Waals surface area contributed by atoms with Gasteiger partial charge in [0.05, 0.1) is 0 Å². The SMILES string of the molecule is CCC(C)(C)C1CCC2(CC1)NC(=O)N(CC(=O)NC(C)C)C2=O. The molecule has 4 amide bonds. The van der Waals surface area contributed by atoms with Crippen LogP contribution in [0, 0.1) is 11.3 Å². The van der Waals surface area contributed by atoms with Gasteiger partial charge in [-0.2, -0.15) is 0 Å². The Bertz CT molecular complexity index is 520. The third kappa shape index (κ3) is 3.57. The van der Waals surface area contributed by atoms with Crippen LogP contribution in [0.3, 0.4) is 0 Å². The van der Waals surface area contributed by atoms with E-state index in [4.69, 9.17) is 0 Å². The molecule has 2 rings (SSSR count). The summed E-state index contributed by atoms with van der Waals surface area (Å²) in [4.78, 5) is 38.0. The van der Waals surface area contributed by atoms with Crippen molar-refractivity contribution < 1.29 is 14.4 Å². The molecule has 1 heterocycles. The van der Waals surface area contributed by atoms with E-state index in [1.807, 2.05) is 13.8 Å². The first-order valence-electron chi connectivity index (χ1n) is 9.05. The number of nitrogens with one attached hydrogen (secondary N) is 2. The molecule has 6 nitrogen and oxygen atoms in total. The van der Waals surface area contributed by atoms with E-state index in [1.165, 1.54) is 0 Å². The fraction of sp³-hybridized carbons (Fsp3) is 0.833. The molecule has 0 unspecified atom stereocenters. The minimum Gasteiger partial charge on any atom is -0.352 e. The molecule has 0 aromatic carbocycles. The summed E-state index contributed by atoms with van der Waals surface area (Å²) in [5.74, 6) is 0.0293. The standard InChI is InChI=1S/C18H31N3O3/c1-6-17(4,5)13-7-9-18(10-8-13)15(23)21(16(24)20-18)11-14(22)19-12(2)3/h12-13H,6-11H2,1-5H3,(H,19,22)(H,20,24). The minimum absolute atomic E-state index is 0.0149. The van der Waals surface area contributed by atoms with E-state index in [-0.39, 0.29) is 29.8 Å². The smallest absolute Gasteiger partial charge is 0.325 e. The highest BCUT2D eigenvalue weighted by Gasteiger charge is 2.53. The van der Waals surface area contributed by atoms with Crippen molar-refractivity contribution in [3.8, 4) is 0 Å². The Morgan fingerprint density at radius 2 is 1.92 bits per heavy atom. The second-order valence-electron chi connectivity index (χ2n) is 8.24. The average Bonchev–Trinajstić information content (AvgIpc) is 2.71. The van der Waals surface area contributed by atoms with Crippen molar-refractivity contribution in [2.75, 3.05) is 6.54 Å². The average molecular weight is 337 g/mol. The molecule has 2 fully saturated rings. The van der Waals surface area contributed by atoms with E-state index in [2.05, 4.69) is 31.4 Å². The Balaban J connectivity index is 2.03. The van der Waals surface area contributed by atoms with Crippen molar-refractivity contribution in [1.82, 2.24) is 15.5 Å². The summed E-state index contributed by atoms with van der Waals surface area (Å²) < 4.78 is 0. The van der Waals surface area contributed by atoms with Gasteiger partial charge >= 0.3 is 6.03 Å². The van der Waals surface area contributed by atoms with E-state index in [0.717, 1.165) is 24.2 Å². The lowest BCUT2D eigenvalue weighted by Crippen LogP contribution is -2.51. The molecule has 1 aliphatic heterocycles. The van der Waals surface area contributed by atoms with E-state index < -0.39 is 11.6 Å². The highest BCUT2D eigenvalue weighted by Crippen LogP contribution is 2.45. The lowest BCUT2D eigenvalue weighted by Gasteiger charge is -2.42. The molecule has 136 valence electrons. The van der Waals surface area contributed by atoms with Gasteiger partial charge in [0, 0.05) is 6.04 Å². The first-order valence-corrected chi connectivity index (χ1v) is 9.05. The second-order valence-corrected chi connectivity index (χ2v) is 8.24. The maximum Gasteiger partial charge on any atom is 0.325 e. The lowest BCUT2D eigenvalue weighted by atomic mass is 9.65. The van der Waals surface area contributed by atoms with Gasteiger partial charge in [0.1, 0.15) is 12.1 Å². The Morgan fingerprint density at radius 3 is 2.42 bits per heavy atom. The van der Waals surface area contributed by atoms with Crippen molar-refractivity contribution in [1.29, 1.82) is 0 Å². The molecule has 1 aliphatic carbocycles. The predicted molar refractivity (Wildman–Crippen MR) is 92.3 cm³/mol. The third-order valence-corrected chi connectivity index (χ3v) is 5.85. The van der Waals surface area contributed by atoms with Crippen LogP contribution in [0.15, 0.2) is 0 Å². The van der Waals surface area contributed by atoms with E-state index in [0.29, 0.717) is 18.8 Å². The number of amides is 4. The first kappa shape index (κ1) is 18.7. The molecular weight excluding hydrogens is 306 g/mol. The molecule has 24 heavy (non-hydrogen) atoms. The zero-order valence-corrected chi connectivity index (χ0v) is 15.6. The van der Waals surface area contributed by atoms with E-state index in [1.54, 1.807) is 0 Å². The molecule has 0 bridgehead atoms. The van der Waals surface area contributed by atoms with Crippen LogP contribution >= 0.6 is 0 Å². The quantitative estimate of drug-likeness (QED) is 0.756. The van der Waals surface area contributed by atoms with Gasteiger partial charge < -0.3 is 10.6 Å². The Hall–Kier alpha value is -1.59. The Morgan fingerprint density at radius 1 is 1.33 bits per heavy atom. The van der Waals surface area contributed by atoms with Gasteiger partial charge in [-0.25, -0.2) is 4.79 Å². The first-order chi connectivity index (χ1) is 11.1. The molecule has 0 atom stereocenters. The lowest BCUT2D eigenvalue weighted by molar-refractivity contribution is -0.136. The third-order valence-electron chi connectivity index (χ3n) is 5.85. The van der Waals surface area contributed by atoms with Crippen molar-refractivity contribution in [3.63, 3.8) is 0 Å². The van der Waals surface area contributed by atoms with Gasteiger partial charge in [-0.05, 0) is 50.9 Å². The van der Waals surface area contributed by atoms with Crippen molar-refractivity contribution in [2.45, 2.75) is 78.3 Å². The van der Waals surface area contributed by atoms with Gasteiger partial charge in [0.2, 0.25) is 5.91 Å². The maximum atomic E-state index is 12.8. The summed E-state index contributed by atoms with van der Waals surface area (Å²) in [5, 5.41) is 5.60. The summed E-state index contributed by atoms with van der Waals surface area (Å²) in [6.07, 6.45) is 4.28. The molecule has 0 aromatic rings. The number of imide groups is 1. The molecule has 0 aromatic heterocycles. The monoisotopic (exact) mass is 337 g/mol. The fourth-order valence-electron chi connectivity index (χ4n) is 3.85. The van der Waals surface area contributed by atoms with E-state index in [9.17, 15) is 14.4 Å². The normalized spacial score (nSPS) is 27.8. The van der Waals surface area contributed by atoms with Gasteiger partial charge in [0.15, 0.2) is 0 Å². The Labute approximate surface area is 144 Å². The maximum absolute atomic E-state index is 12.8. The summed E-state index contributed by atoms with van der Waals surface area (Å²) in [5.41, 5.74) is -0.542. The molecule has 0 radical (unpaired) electrons. The van der Waals surface area contributed by atoms with E-state index >= 15 is 0 Å². The van der Waals surface area contributed by atoms with Gasteiger partial charge in [-0.3, -0.25) is 14.5 Å². The van der Waals surface area contributed by atoms with Crippen LogP contribution in [0.4, 0.5) is 4.79 Å². The number of rotatable bonds is 5. The molecule has 6 heteroatoms. The topological polar surface area (TPSA) is 78.5 Å². The summed E-state index contributed by atoms with van der Waals surface area (Å²) in [6, 6.07) is -0.453. The highest BCUT2D eigenvalue weighted by atomic mass is 16.2. The van der Waals surface area contributed by atoms with Crippen LogP contribution in [0.1, 0.15) is 66.7 Å². The molecule has 2 aliphatic rings. The molecule has 1 saturated heterocycles. The number of carbonyl (C=O) groups excluding carboxylic acids is 3. The van der Waals surface area contributed by atoms with Crippen LogP contribution in [0.5, 0.6) is 0 Å². The number of urea groups is 1. The molecule has 2 N–H and O–H groups in total. The zero-order valence-electron chi connectivity index (χ0n) is 15.6. The van der Waals surface area contributed by atoms with Gasteiger partial charge in [-0.1, -0.05) is 27.2 Å². The van der Waals surface area contributed by atoms with Crippen LogP contribution < -0.4 is 10.6 Å². The summed E-state index contributed by atoms with van der Waals surface area (Å²) in [6.45, 7) is 10.2. The number of hydrogen-bond acceptors (Lipinski definition) is 3. The fourth-order valence-corrected chi connectivity index (χ4v) is 3.85. The van der Waals surface area contributed by atoms with Crippen LogP contribution in [-0.4, -0.2) is 40.9 Å². The predicted octanol–water partition coefficient (Wildman–Crippen LogP) is 2.43. The summed E-state index contributed by atoms with van der Waals surface area (Å²) >= 11 is 0. The van der Waals surface area contributed by atoms with Crippen LogP contribution in [0.25, 0.3) is 0 Å². The molecule has 1 saturated carbocycles. The summed E-state index contributed by atoms with van der Waals surface area (Å²) in [7, 11) is 0. The molecular formula is C18H31N3O3. The Kier molecular flexibility index (Phi) is 5.25. The van der Waals surface area contributed by atoms with Gasteiger partial charge in [0.25, 0.3) is 5.91 Å². The number of hydrogen-bond donors (Lipinski definition) is 2. The van der Waals surface area contributed by atoms with Crippen molar-refractivity contribution in [2.24, 2.45) is 11.3 Å². The number of carbonyl (C=O) groups is 3. The van der Waals surface area contributed by atoms with Crippen molar-refractivity contribution >= 4 is 17.8 Å². The largest absolute Gasteiger partial charge is 0.352 e. The van der Waals surface area contributed by atoms with Crippen LogP contribution in [0.2, 0.25) is 0 Å².